The number of hydrogen-bond acceptors (Lipinski definition) is 4. The number of esters is 1. The van der Waals surface area contributed by atoms with Crippen LogP contribution >= 0.6 is 0 Å². The SMILES string of the molecule is CCCN(CC(=O)OCC)C(=O)c1cccc(C(N)=O)c1. The van der Waals surface area contributed by atoms with Gasteiger partial charge >= 0.3 is 5.97 Å². The number of amides is 2. The van der Waals surface area contributed by atoms with Crippen molar-refractivity contribution >= 4 is 17.8 Å². The molecule has 2 N–H and O–H groups in total. The fourth-order valence-corrected chi connectivity index (χ4v) is 1.87. The molecule has 0 heterocycles. The highest BCUT2D eigenvalue weighted by molar-refractivity contribution is 5.99. The third kappa shape index (κ3) is 4.91. The fourth-order valence-electron chi connectivity index (χ4n) is 1.87. The van der Waals surface area contributed by atoms with Crippen molar-refractivity contribution < 1.29 is 19.1 Å². The van der Waals surface area contributed by atoms with E-state index in [9.17, 15) is 14.4 Å². The standard InChI is InChI=1S/C15H20N2O4/c1-3-8-17(10-13(18)21-4-2)15(20)12-7-5-6-11(9-12)14(16)19/h5-7,9H,3-4,8,10H2,1-2H3,(H2,16,19). The molecule has 0 atom stereocenters. The van der Waals surface area contributed by atoms with Crippen LogP contribution in [0.15, 0.2) is 24.3 Å². The number of carbonyl (C=O) groups excluding carboxylic acids is 3. The Labute approximate surface area is 123 Å². The molecule has 1 aromatic rings. The molecule has 2 amide bonds. The lowest BCUT2D eigenvalue weighted by atomic mass is 10.1. The molecule has 0 aromatic heterocycles. The van der Waals surface area contributed by atoms with Crippen molar-refractivity contribution in [1.82, 2.24) is 4.90 Å². The number of rotatable bonds is 7. The topological polar surface area (TPSA) is 89.7 Å². The Hall–Kier alpha value is -2.37. The highest BCUT2D eigenvalue weighted by atomic mass is 16.5. The second kappa shape index (κ2) is 8.04. The lowest BCUT2D eigenvalue weighted by Crippen LogP contribution is -2.37. The fraction of sp³-hybridized carbons (Fsp3) is 0.400. The Morgan fingerprint density at radius 2 is 1.86 bits per heavy atom. The van der Waals surface area contributed by atoms with Crippen LogP contribution in [0.1, 0.15) is 41.0 Å². The zero-order chi connectivity index (χ0) is 15.8. The summed E-state index contributed by atoms with van der Waals surface area (Å²) >= 11 is 0. The van der Waals surface area contributed by atoms with Gasteiger partial charge in [0.05, 0.1) is 6.61 Å². The van der Waals surface area contributed by atoms with Crippen LogP contribution in [0.3, 0.4) is 0 Å². The summed E-state index contributed by atoms with van der Waals surface area (Å²) in [6.45, 7) is 4.20. The zero-order valence-corrected chi connectivity index (χ0v) is 12.3. The Morgan fingerprint density at radius 3 is 2.43 bits per heavy atom. The van der Waals surface area contributed by atoms with Gasteiger partial charge in [0.15, 0.2) is 0 Å². The first-order chi connectivity index (χ1) is 9.99. The molecule has 0 bridgehead atoms. The predicted molar refractivity (Wildman–Crippen MR) is 77.8 cm³/mol. The molecule has 21 heavy (non-hydrogen) atoms. The summed E-state index contributed by atoms with van der Waals surface area (Å²) in [5.74, 6) is -1.38. The first-order valence-corrected chi connectivity index (χ1v) is 6.84. The van der Waals surface area contributed by atoms with Gasteiger partial charge in [-0.1, -0.05) is 13.0 Å². The van der Waals surface area contributed by atoms with Gasteiger partial charge in [0.2, 0.25) is 5.91 Å². The molecular weight excluding hydrogens is 272 g/mol. The van der Waals surface area contributed by atoms with Crippen LogP contribution in [0.5, 0.6) is 0 Å². The van der Waals surface area contributed by atoms with E-state index in [1.54, 1.807) is 19.1 Å². The summed E-state index contributed by atoms with van der Waals surface area (Å²) in [4.78, 5) is 36.5. The minimum atomic E-state index is -0.600. The molecule has 0 spiro atoms. The number of nitrogens with zero attached hydrogens (tertiary/aromatic N) is 1. The quantitative estimate of drug-likeness (QED) is 0.765. The molecule has 0 fully saturated rings. The van der Waals surface area contributed by atoms with E-state index in [0.717, 1.165) is 0 Å². The number of primary amides is 1. The van der Waals surface area contributed by atoms with Crippen molar-refractivity contribution in [3.05, 3.63) is 35.4 Å². The molecule has 0 aliphatic carbocycles. The van der Waals surface area contributed by atoms with Crippen molar-refractivity contribution in [1.29, 1.82) is 0 Å². The van der Waals surface area contributed by atoms with Gasteiger partial charge in [-0.15, -0.1) is 0 Å². The van der Waals surface area contributed by atoms with Crippen LogP contribution in [0.2, 0.25) is 0 Å². The van der Waals surface area contributed by atoms with E-state index in [2.05, 4.69) is 0 Å². The lowest BCUT2D eigenvalue weighted by molar-refractivity contribution is -0.143. The summed E-state index contributed by atoms with van der Waals surface area (Å²) in [5.41, 5.74) is 5.78. The van der Waals surface area contributed by atoms with Crippen LogP contribution in [-0.2, 0) is 9.53 Å². The molecule has 1 aromatic carbocycles. The second-order valence-electron chi connectivity index (χ2n) is 4.48. The van der Waals surface area contributed by atoms with Gasteiger partial charge in [0, 0.05) is 17.7 Å². The number of hydrogen-bond donors (Lipinski definition) is 1. The van der Waals surface area contributed by atoms with E-state index in [0.29, 0.717) is 18.5 Å². The molecule has 114 valence electrons. The van der Waals surface area contributed by atoms with Crippen LogP contribution in [-0.4, -0.2) is 42.4 Å². The molecule has 0 saturated carbocycles. The summed E-state index contributed by atoms with van der Waals surface area (Å²) < 4.78 is 4.86. The summed E-state index contributed by atoms with van der Waals surface area (Å²) in [6, 6.07) is 6.14. The number of carbonyl (C=O) groups is 3. The monoisotopic (exact) mass is 292 g/mol. The maximum atomic E-state index is 12.4. The third-order valence-electron chi connectivity index (χ3n) is 2.80. The van der Waals surface area contributed by atoms with Gasteiger partial charge in [-0.25, -0.2) is 0 Å². The van der Waals surface area contributed by atoms with Crippen LogP contribution in [0, 0.1) is 0 Å². The average molecular weight is 292 g/mol. The van der Waals surface area contributed by atoms with Crippen molar-refractivity contribution in [2.75, 3.05) is 19.7 Å². The Kier molecular flexibility index (Phi) is 6.39. The smallest absolute Gasteiger partial charge is 0.325 e. The van der Waals surface area contributed by atoms with Crippen molar-refractivity contribution in [3.8, 4) is 0 Å². The summed E-state index contributed by atoms with van der Waals surface area (Å²) in [6.07, 6.45) is 0.709. The molecule has 6 heteroatoms. The Bertz CT molecular complexity index is 528. The molecule has 1 rings (SSSR count). The molecule has 0 aliphatic heterocycles. The zero-order valence-electron chi connectivity index (χ0n) is 12.3. The number of ether oxygens (including phenoxy) is 1. The molecule has 0 unspecified atom stereocenters. The normalized spacial score (nSPS) is 10.0. The van der Waals surface area contributed by atoms with E-state index < -0.39 is 11.9 Å². The number of benzene rings is 1. The Balaban J connectivity index is 2.92. The van der Waals surface area contributed by atoms with Gasteiger partial charge in [-0.05, 0) is 31.5 Å². The molecule has 0 radical (unpaired) electrons. The van der Waals surface area contributed by atoms with Gasteiger partial charge in [-0.2, -0.15) is 0 Å². The maximum Gasteiger partial charge on any atom is 0.325 e. The molecular formula is C15H20N2O4. The number of nitrogens with two attached hydrogens (primary N) is 1. The van der Waals surface area contributed by atoms with E-state index in [4.69, 9.17) is 10.5 Å². The summed E-state index contributed by atoms with van der Waals surface area (Å²) in [5, 5.41) is 0. The van der Waals surface area contributed by atoms with E-state index in [1.807, 2.05) is 6.92 Å². The van der Waals surface area contributed by atoms with Gasteiger partial charge in [-0.3, -0.25) is 14.4 Å². The van der Waals surface area contributed by atoms with Gasteiger partial charge in [0.25, 0.3) is 5.91 Å². The first kappa shape index (κ1) is 16.7. The largest absolute Gasteiger partial charge is 0.465 e. The molecule has 6 nitrogen and oxygen atoms in total. The first-order valence-electron chi connectivity index (χ1n) is 6.84. The Morgan fingerprint density at radius 1 is 1.19 bits per heavy atom. The lowest BCUT2D eigenvalue weighted by Gasteiger charge is -2.21. The average Bonchev–Trinajstić information content (AvgIpc) is 2.46. The van der Waals surface area contributed by atoms with E-state index in [1.165, 1.54) is 17.0 Å². The van der Waals surface area contributed by atoms with Crippen molar-refractivity contribution in [2.45, 2.75) is 20.3 Å². The molecule has 0 saturated heterocycles. The van der Waals surface area contributed by atoms with Crippen LogP contribution in [0.25, 0.3) is 0 Å². The van der Waals surface area contributed by atoms with E-state index >= 15 is 0 Å². The van der Waals surface area contributed by atoms with Gasteiger partial charge < -0.3 is 15.4 Å². The van der Waals surface area contributed by atoms with Crippen molar-refractivity contribution in [2.24, 2.45) is 5.73 Å². The third-order valence-corrected chi connectivity index (χ3v) is 2.80. The summed E-state index contributed by atoms with van der Waals surface area (Å²) in [7, 11) is 0. The van der Waals surface area contributed by atoms with Gasteiger partial charge in [0.1, 0.15) is 6.54 Å². The van der Waals surface area contributed by atoms with E-state index in [-0.39, 0.29) is 24.6 Å². The van der Waals surface area contributed by atoms with Crippen LogP contribution in [0.4, 0.5) is 0 Å². The second-order valence-corrected chi connectivity index (χ2v) is 4.48. The molecule has 0 aliphatic rings. The van der Waals surface area contributed by atoms with Crippen molar-refractivity contribution in [3.63, 3.8) is 0 Å². The predicted octanol–water partition coefficient (Wildman–Crippen LogP) is 1.20. The minimum Gasteiger partial charge on any atom is -0.465 e. The minimum absolute atomic E-state index is 0.110. The highest BCUT2D eigenvalue weighted by Crippen LogP contribution is 2.09. The maximum absolute atomic E-state index is 12.4. The van der Waals surface area contributed by atoms with Crippen LogP contribution < -0.4 is 5.73 Å². The highest BCUT2D eigenvalue weighted by Gasteiger charge is 2.19.